The number of nitrogens with one attached hydrogen (secondary N) is 1. The highest BCUT2D eigenvalue weighted by Crippen LogP contribution is 2.33. The summed E-state index contributed by atoms with van der Waals surface area (Å²) in [6.45, 7) is 4.31. The molecular formula is C21H20N2O3S2. The molecule has 1 aliphatic rings. The lowest BCUT2D eigenvalue weighted by molar-refractivity contribution is 0.0993. The summed E-state index contributed by atoms with van der Waals surface area (Å²) in [5.74, 6) is -0.0527. The molecular weight excluding hydrogens is 392 g/mol. The van der Waals surface area contributed by atoms with Gasteiger partial charge in [0, 0.05) is 12.2 Å². The number of carbonyl (C=O) groups is 1. The van der Waals surface area contributed by atoms with Crippen LogP contribution in [0.3, 0.4) is 0 Å². The van der Waals surface area contributed by atoms with E-state index in [0.717, 1.165) is 23.2 Å². The van der Waals surface area contributed by atoms with Crippen molar-refractivity contribution < 1.29 is 13.2 Å². The number of benzene rings is 2. The van der Waals surface area contributed by atoms with E-state index in [9.17, 15) is 13.2 Å². The third-order valence-electron chi connectivity index (χ3n) is 4.83. The molecule has 1 amide bonds. The van der Waals surface area contributed by atoms with E-state index in [0.29, 0.717) is 22.7 Å². The second-order valence-corrected chi connectivity index (χ2v) is 9.50. The predicted molar refractivity (Wildman–Crippen MR) is 113 cm³/mol. The van der Waals surface area contributed by atoms with E-state index in [4.69, 9.17) is 0 Å². The lowest BCUT2D eigenvalue weighted by Crippen LogP contribution is -2.28. The summed E-state index contributed by atoms with van der Waals surface area (Å²) in [5.41, 5.74) is 3.96. The van der Waals surface area contributed by atoms with E-state index >= 15 is 0 Å². The molecule has 4 rings (SSSR count). The van der Waals surface area contributed by atoms with Gasteiger partial charge in [0.2, 0.25) is 0 Å². The maximum atomic E-state index is 12.8. The maximum Gasteiger partial charge on any atom is 0.268 e. The molecule has 0 atom stereocenters. The number of sulfonamides is 1. The van der Waals surface area contributed by atoms with Gasteiger partial charge in [-0.3, -0.25) is 9.52 Å². The number of rotatable bonds is 4. The number of hydrogen-bond donors (Lipinski definition) is 1. The molecule has 1 aromatic heterocycles. The molecule has 0 bridgehead atoms. The molecule has 2 aromatic carbocycles. The third-order valence-corrected chi connectivity index (χ3v) is 7.23. The highest BCUT2D eigenvalue weighted by atomic mass is 32.2. The first-order valence-electron chi connectivity index (χ1n) is 8.93. The van der Waals surface area contributed by atoms with Gasteiger partial charge < -0.3 is 4.90 Å². The molecule has 5 nitrogen and oxygen atoms in total. The molecule has 0 radical (unpaired) electrons. The van der Waals surface area contributed by atoms with Crippen molar-refractivity contribution in [2.45, 2.75) is 25.2 Å². The Bertz CT molecular complexity index is 1150. The van der Waals surface area contributed by atoms with E-state index in [1.54, 1.807) is 42.2 Å². The van der Waals surface area contributed by atoms with Crippen LogP contribution in [-0.4, -0.2) is 20.9 Å². The van der Waals surface area contributed by atoms with Gasteiger partial charge in [-0.15, -0.1) is 11.3 Å². The summed E-state index contributed by atoms with van der Waals surface area (Å²) in [6.07, 6.45) is 0.760. The Morgan fingerprint density at radius 1 is 1.11 bits per heavy atom. The zero-order valence-electron chi connectivity index (χ0n) is 15.6. The molecule has 0 saturated carbocycles. The van der Waals surface area contributed by atoms with E-state index in [1.165, 1.54) is 11.3 Å². The van der Waals surface area contributed by atoms with Crippen LogP contribution in [0.5, 0.6) is 0 Å². The van der Waals surface area contributed by atoms with Crippen molar-refractivity contribution in [1.29, 1.82) is 0 Å². The average Bonchev–Trinajstić information content (AvgIpc) is 3.30. The van der Waals surface area contributed by atoms with E-state index in [-0.39, 0.29) is 10.8 Å². The number of carbonyl (C=O) groups excluding carboxylic acids is 1. The molecule has 0 unspecified atom stereocenters. The third kappa shape index (κ3) is 3.43. The summed E-state index contributed by atoms with van der Waals surface area (Å²) in [4.78, 5) is 15.4. The van der Waals surface area contributed by atoms with Crippen molar-refractivity contribution in [1.82, 2.24) is 0 Å². The molecule has 1 N–H and O–H groups in total. The molecule has 0 spiro atoms. The van der Waals surface area contributed by atoms with Crippen LogP contribution in [0.1, 0.15) is 26.4 Å². The summed E-state index contributed by atoms with van der Waals surface area (Å²) in [5, 5.41) is 1.87. The standard InChI is InChI=1S/C21H20N2O3S2/c1-14-5-8-20(15(2)12-14)28(25,26)22-17-7-6-16-9-10-23(18(16)13-17)21(24)19-4-3-11-27-19/h3-8,11-13,22H,9-10H2,1-2H3. The van der Waals surface area contributed by atoms with Gasteiger partial charge in [0.25, 0.3) is 15.9 Å². The average molecular weight is 413 g/mol. The van der Waals surface area contributed by atoms with Crippen LogP contribution >= 0.6 is 11.3 Å². The van der Waals surface area contributed by atoms with Gasteiger partial charge in [0.15, 0.2) is 0 Å². The molecule has 0 saturated heterocycles. The maximum absolute atomic E-state index is 12.8. The lowest BCUT2D eigenvalue weighted by Gasteiger charge is -2.18. The van der Waals surface area contributed by atoms with Gasteiger partial charge >= 0.3 is 0 Å². The van der Waals surface area contributed by atoms with Crippen molar-refractivity contribution in [2.75, 3.05) is 16.2 Å². The normalized spacial score (nSPS) is 13.4. The molecule has 28 heavy (non-hydrogen) atoms. The summed E-state index contributed by atoms with van der Waals surface area (Å²) < 4.78 is 28.3. The number of fused-ring (bicyclic) bond motifs is 1. The second-order valence-electron chi connectivity index (χ2n) is 6.90. The minimum absolute atomic E-state index is 0.0527. The van der Waals surface area contributed by atoms with Crippen molar-refractivity contribution in [2.24, 2.45) is 0 Å². The monoisotopic (exact) mass is 412 g/mol. The summed E-state index contributed by atoms with van der Waals surface area (Å²) >= 11 is 1.40. The number of nitrogens with zero attached hydrogens (tertiary/aromatic N) is 1. The number of anilines is 2. The van der Waals surface area contributed by atoms with Crippen molar-refractivity contribution in [3.05, 3.63) is 75.5 Å². The SMILES string of the molecule is Cc1ccc(S(=O)(=O)Nc2ccc3c(c2)N(C(=O)c2cccs2)CC3)c(C)c1. The number of hydrogen-bond acceptors (Lipinski definition) is 4. The van der Waals surface area contributed by atoms with Crippen LogP contribution in [0.4, 0.5) is 11.4 Å². The minimum atomic E-state index is -3.71. The predicted octanol–water partition coefficient (Wildman–Crippen LogP) is 4.37. The lowest BCUT2D eigenvalue weighted by atomic mass is 10.1. The number of thiophene rings is 1. The van der Waals surface area contributed by atoms with Crippen LogP contribution in [0.15, 0.2) is 58.8 Å². The Morgan fingerprint density at radius 3 is 2.64 bits per heavy atom. The van der Waals surface area contributed by atoms with Gasteiger partial charge in [-0.2, -0.15) is 0 Å². The molecule has 144 valence electrons. The van der Waals surface area contributed by atoms with Crippen molar-refractivity contribution in [3.63, 3.8) is 0 Å². The first-order valence-corrected chi connectivity index (χ1v) is 11.3. The first kappa shape index (κ1) is 18.7. The van der Waals surface area contributed by atoms with Crippen LogP contribution < -0.4 is 9.62 Å². The van der Waals surface area contributed by atoms with Gasteiger partial charge in [-0.25, -0.2) is 8.42 Å². The zero-order chi connectivity index (χ0) is 19.9. The largest absolute Gasteiger partial charge is 0.307 e. The summed E-state index contributed by atoms with van der Waals surface area (Å²) in [7, 11) is -3.71. The van der Waals surface area contributed by atoms with Crippen LogP contribution in [0.2, 0.25) is 0 Å². The van der Waals surface area contributed by atoms with Crippen molar-refractivity contribution in [3.8, 4) is 0 Å². The molecule has 1 aliphatic heterocycles. The Hall–Kier alpha value is -2.64. The highest BCUT2D eigenvalue weighted by molar-refractivity contribution is 7.92. The van der Waals surface area contributed by atoms with Gasteiger partial charge in [0.1, 0.15) is 0 Å². The number of amides is 1. The minimum Gasteiger partial charge on any atom is -0.307 e. The van der Waals surface area contributed by atoms with E-state index in [1.807, 2.05) is 30.5 Å². The Labute approximate surface area is 168 Å². The van der Waals surface area contributed by atoms with Gasteiger partial charge in [-0.1, -0.05) is 29.8 Å². The molecule has 7 heteroatoms. The summed E-state index contributed by atoms with van der Waals surface area (Å²) in [6, 6.07) is 14.3. The fourth-order valence-electron chi connectivity index (χ4n) is 3.50. The molecule has 3 aromatic rings. The van der Waals surface area contributed by atoms with E-state index in [2.05, 4.69) is 4.72 Å². The second kappa shape index (κ2) is 7.07. The molecule has 0 aliphatic carbocycles. The Balaban J connectivity index is 1.64. The van der Waals surface area contributed by atoms with Crippen LogP contribution in [0, 0.1) is 13.8 Å². The highest BCUT2D eigenvalue weighted by Gasteiger charge is 2.27. The fourth-order valence-corrected chi connectivity index (χ4v) is 5.45. The first-order chi connectivity index (χ1) is 13.3. The number of aryl methyl sites for hydroxylation is 2. The van der Waals surface area contributed by atoms with Crippen LogP contribution in [-0.2, 0) is 16.4 Å². The Kier molecular flexibility index (Phi) is 4.72. The molecule has 0 fully saturated rings. The van der Waals surface area contributed by atoms with E-state index < -0.39 is 10.0 Å². The zero-order valence-corrected chi connectivity index (χ0v) is 17.2. The van der Waals surface area contributed by atoms with Gasteiger partial charge in [0.05, 0.1) is 15.5 Å². The topological polar surface area (TPSA) is 66.5 Å². The smallest absolute Gasteiger partial charge is 0.268 e. The van der Waals surface area contributed by atoms with Gasteiger partial charge in [-0.05, 0) is 61.0 Å². The Morgan fingerprint density at radius 2 is 1.93 bits per heavy atom. The fraction of sp³-hybridized carbons (Fsp3) is 0.190. The van der Waals surface area contributed by atoms with Crippen molar-refractivity contribution >= 4 is 38.6 Å². The quantitative estimate of drug-likeness (QED) is 0.692. The molecule has 2 heterocycles. The van der Waals surface area contributed by atoms with Crippen LogP contribution in [0.25, 0.3) is 0 Å².